The number of hydrogen-bond acceptors (Lipinski definition) is 4. The van der Waals surface area contributed by atoms with Crippen LogP contribution in [0.2, 0.25) is 0 Å². The van der Waals surface area contributed by atoms with Crippen LogP contribution in [0.3, 0.4) is 0 Å². The van der Waals surface area contributed by atoms with Crippen molar-refractivity contribution in [3.05, 3.63) is 29.8 Å². The van der Waals surface area contributed by atoms with Gasteiger partial charge < -0.3 is 10.8 Å². The summed E-state index contributed by atoms with van der Waals surface area (Å²) in [4.78, 5) is 4.73. The zero-order valence-corrected chi connectivity index (χ0v) is 12.1. The van der Waals surface area contributed by atoms with Crippen LogP contribution in [0.4, 0.5) is 5.69 Å². The van der Waals surface area contributed by atoms with Gasteiger partial charge in [-0.05, 0) is 38.6 Å². The van der Waals surface area contributed by atoms with Crippen molar-refractivity contribution >= 4 is 5.69 Å². The molecule has 4 nitrogen and oxygen atoms in total. The topological polar surface area (TPSA) is 52.7 Å². The summed E-state index contributed by atoms with van der Waals surface area (Å²) in [6, 6.07) is 8.57. The Hall–Kier alpha value is -1.10. The van der Waals surface area contributed by atoms with Gasteiger partial charge in [0.15, 0.2) is 0 Å². The third-order valence-electron chi connectivity index (χ3n) is 4.16. The van der Waals surface area contributed by atoms with Crippen LogP contribution >= 0.6 is 0 Å². The number of β-amino-alcohol motifs (C(OH)–C–C–N with tert-alkyl or cyclic N) is 1. The predicted octanol–water partition coefficient (Wildman–Crippen LogP) is 1.33. The van der Waals surface area contributed by atoms with Crippen molar-refractivity contribution in [2.24, 2.45) is 0 Å². The molecule has 1 heterocycles. The first-order chi connectivity index (χ1) is 8.97. The van der Waals surface area contributed by atoms with E-state index in [0.717, 1.165) is 18.7 Å². The van der Waals surface area contributed by atoms with E-state index in [1.165, 1.54) is 0 Å². The maximum atomic E-state index is 10.3. The number of piperazine rings is 1. The smallest absolute Gasteiger partial charge is 0.0917 e. The quantitative estimate of drug-likeness (QED) is 0.808. The van der Waals surface area contributed by atoms with E-state index in [9.17, 15) is 5.11 Å². The van der Waals surface area contributed by atoms with Gasteiger partial charge in [-0.3, -0.25) is 9.80 Å². The number of aliphatic hydroxyl groups is 1. The molecule has 3 unspecified atom stereocenters. The van der Waals surface area contributed by atoms with Gasteiger partial charge in [-0.25, -0.2) is 0 Å². The summed E-state index contributed by atoms with van der Waals surface area (Å²) in [6.07, 6.45) is -0.466. The fraction of sp³-hybridized carbons (Fsp3) is 0.600. The van der Waals surface area contributed by atoms with Crippen molar-refractivity contribution in [2.45, 2.75) is 32.0 Å². The van der Waals surface area contributed by atoms with Gasteiger partial charge in [0.25, 0.3) is 0 Å². The van der Waals surface area contributed by atoms with Crippen LogP contribution in [0.15, 0.2) is 24.3 Å². The van der Waals surface area contributed by atoms with E-state index in [1.807, 2.05) is 24.3 Å². The second-order valence-electron chi connectivity index (χ2n) is 5.77. The molecule has 3 N–H and O–H groups in total. The third kappa shape index (κ3) is 3.47. The molecule has 1 aromatic rings. The van der Waals surface area contributed by atoms with Crippen molar-refractivity contribution in [2.75, 3.05) is 32.4 Å². The van der Waals surface area contributed by atoms with Gasteiger partial charge in [0.05, 0.1) is 6.10 Å². The third-order valence-corrected chi connectivity index (χ3v) is 4.16. The van der Waals surface area contributed by atoms with Crippen LogP contribution in [0.25, 0.3) is 0 Å². The normalized spacial score (nSPS) is 27.4. The number of nitrogen functional groups attached to an aromatic ring is 1. The number of benzene rings is 1. The van der Waals surface area contributed by atoms with Crippen LogP contribution in [0.5, 0.6) is 0 Å². The lowest BCUT2D eigenvalue weighted by Crippen LogP contribution is -2.55. The molecule has 4 heteroatoms. The average Bonchev–Trinajstić information content (AvgIpc) is 2.36. The SMILES string of the molecule is CC1CN(CC(O)c2cccc(N)c2)CC(C)N1C. The summed E-state index contributed by atoms with van der Waals surface area (Å²) in [5.41, 5.74) is 7.37. The molecule has 3 atom stereocenters. The van der Waals surface area contributed by atoms with Crippen molar-refractivity contribution < 1.29 is 5.11 Å². The van der Waals surface area contributed by atoms with Crippen LogP contribution in [0, 0.1) is 0 Å². The first kappa shape index (κ1) is 14.3. The van der Waals surface area contributed by atoms with Gasteiger partial charge in [0.2, 0.25) is 0 Å². The molecule has 0 spiro atoms. The van der Waals surface area contributed by atoms with Gasteiger partial charge in [0, 0.05) is 37.4 Å². The lowest BCUT2D eigenvalue weighted by Gasteiger charge is -2.43. The summed E-state index contributed by atoms with van der Waals surface area (Å²) in [6.45, 7) is 7.14. The Bertz CT molecular complexity index is 412. The fourth-order valence-electron chi connectivity index (χ4n) is 2.78. The molecule has 0 radical (unpaired) electrons. The molecule has 106 valence electrons. The molecule has 0 saturated carbocycles. The summed E-state index contributed by atoms with van der Waals surface area (Å²) >= 11 is 0. The summed E-state index contributed by atoms with van der Waals surface area (Å²) in [5, 5.41) is 10.3. The van der Waals surface area contributed by atoms with E-state index < -0.39 is 6.10 Å². The predicted molar refractivity (Wildman–Crippen MR) is 78.9 cm³/mol. The first-order valence-corrected chi connectivity index (χ1v) is 6.95. The largest absolute Gasteiger partial charge is 0.399 e. The number of likely N-dealkylation sites (N-methyl/N-ethyl adjacent to an activating group) is 1. The molecule has 2 rings (SSSR count). The monoisotopic (exact) mass is 263 g/mol. The van der Waals surface area contributed by atoms with Crippen LogP contribution in [-0.2, 0) is 0 Å². The van der Waals surface area contributed by atoms with Gasteiger partial charge in [0.1, 0.15) is 0 Å². The first-order valence-electron chi connectivity index (χ1n) is 6.95. The number of rotatable bonds is 3. The highest BCUT2D eigenvalue weighted by Gasteiger charge is 2.27. The van der Waals surface area contributed by atoms with E-state index in [2.05, 4.69) is 30.7 Å². The molecule has 1 fully saturated rings. The summed E-state index contributed by atoms with van der Waals surface area (Å²) in [5.74, 6) is 0. The van der Waals surface area contributed by atoms with Crippen molar-refractivity contribution in [3.63, 3.8) is 0 Å². The lowest BCUT2D eigenvalue weighted by molar-refractivity contribution is 0.0282. The fourth-order valence-corrected chi connectivity index (χ4v) is 2.78. The molecule has 19 heavy (non-hydrogen) atoms. The van der Waals surface area contributed by atoms with Gasteiger partial charge in [-0.15, -0.1) is 0 Å². The molecular formula is C15H25N3O. The Morgan fingerprint density at radius 1 is 1.32 bits per heavy atom. The van der Waals surface area contributed by atoms with E-state index in [0.29, 0.717) is 24.3 Å². The van der Waals surface area contributed by atoms with Crippen molar-refractivity contribution in [3.8, 4) is 0 Å². The Balaban J connectivity index is 1.97. The zero-order chi connectivity index (χ0) is 14.0. The lowest BCUT2D eigenvalue weighted by atomic mass is 10.1. The molecule has 0 aliphatic carbocycles. The van der Waals surface area contributed by atoms with Crippen LogP contribution in [-0.4, -0.2) is 53.7 Å². The van der Waals surface area contributed by atoms with E-state index in [4.69, 9.17) is 5.73 Å². The van der Waals surface area contributed by atoms with Crippen LogP contribution < -0.4 is 5.73 Å². The maximum Gasteiger partial charge on any atom is 0.0917 e. The highest BCUT2D eigenvalue weighted by molar-refractivity contribution is 5.41. The summed E-state index contributed by atoms with van der Waals surface area (Å²) in [7, 11) is 2.17. The van der Waals surface area contributed by atoms with Crippen molar-refractivity contribution in [1.82, 2.24) is 9.80 Å². The van der Waals surface area contributed by atoms with Gasteiger partial charge >= 0.3 is 0 Å². The molecule has 1 aromatic carbocycles. The second-order valence-corrected chi connectivity index (χ2v) is 5.77. The maximum absolute atomic E-state index is 10.3. The van der Waals surface area contributed by atoms with E-state index in [-0.39, 0.29) is 0 Å². The zero-order valence-electron chi connectivity index (χ0n) is 12.1. The van der Waals surface area contributed by atoms with Gasteiger partial charge in [-0.2, -0.15) is 0 Å². The number of aliphatic hydroxyl groups excluding tert-OH is 1. The Kier molecular flexibility index (Phi) is 4.45. The minimum atomic E-state index is -0.466. The molecule has 0 bridgehead atoms. The highest BCUT2D eigenvalue weighted by atomic mass is 16.3. The minimum absolute atomic E-state index is 0.466. The molecule has 0 aromatic heterocycles. The highest BCUT2D eigenvalue weighted by Crippen LogP contribution is 2.20. The molecule has 1 aliphatic rings. The molecule has 1 saturated heterocycles. The number of nitrogens with two attached hydrogens (primary N) is 1. The number of hydrogen-bond donors (Lipinski definition) is 2. The minimum Gasteiger partial charge on any atom is -0.399 e. The Labute approximate surface area is 115 Å². The Morgan fingerprint density at radius 3 is 2.53 bits per heavy atom. The van der Waals surface area contributed by atoms with E-state index >= 15 is 0 Å². The molecule has 0 amide bonds. The molecule has 1 aliphatic heterocycles. The number of anilines is 1. The average molecular weight is 263 g/mol. The van der Waals surface area contributed by atoms with Crippen molar-refractivity contribution in [1.29, 1.82) is 0 Å². The van der Waals surface area contributed by atoms with E-state index in [1.54, 1.807) is 0 Å². The summed E-state index contributed by atoms with van der Waals surface area (Å²) < 4.78 is 0. The molecular weight excluding hydrogens is 238 g/mol. The van der Waals surface area contributed by atoms with Gasteiger partial charge in [-0.1, -0.05) is 12.1 Å². The standard InChI is InChI=1S/C15H25N3O/c1-11-8-18(9-12(2)17(11)3)10-15(19)13-5-4-6-14(16)7-13/h4-7,11-12,15,19H,8-10,16H2,1-3H3. The Morgan fingerprint density at radius 2 is 1.95 bits per heavy atom. The number of nitrogens with zero attached hydrogens (tertiary/aromatic N) is 2. The second kappa shape index (κ2) is 5.90. The van der Waals surface area contributed by atoms with Crippen LogP contribution in [0.1, 0.15) is 25.5 Å².